The van der Waals surface area contributed by atoms with Crippen LogP contribution in [-0.4, -0.2) is 45.3 Å². The highest BCUT2D eigenvalue weighted by atomic mass is 35.5. The van der Waals surface area contributed by atoms with E-state index >= 15 is 0 Å². The largest absolute Gasteiger partial charge is 0.360 e. The van der Waals surface area contributed by atoms with Gasteiger partial charge in [-0.2, -0.15) is 0 Å². The average Bonchev–Trinajstić information content (AvgIpc) is 2.66. The van der Waals surface area contributed by atoms with Crippen molar-refractivity contribution in [3.05, 3.63) is 58.9 Å². The van der Waals surface area contributed by atoms with E-state index in [4.69, 9.17) is 11.6 Å². The van der Waals surface area contributed by atoms with E-state index in [2.05, 4.69) is 15.5 Å². The van der Waals surface area contributed by atoms with Crippen LogP contribution >= 0.6 is 11.6 Å². The Kier molecular flexibility index (Phi) is 6.53. The van der Waals surface area contributed by atoms with E-state index in [0.29, 0.717) is 17.3 Å². The van der Waals surface area contributed by atoms with Crippen LogP contribution < -0.4 is 20.4 Å². The fourth-order valence-electron chi connectivity index (χ4n) is 3.24. The maximum absolute atomic E-state index is 13.0. The Hall–Kier alpha value is -2.31. The molecule has 0 bridgehead atoms. The molecule has 0 radical (unpaired) electrons. The van der Waals surface area contributed by atoms with Crippen LogP contribution in [-0.2, 0) is 0 Å². The van der Waals surface area contributed by atoms with E-state index in [9.17, 15) is 9.18 Å². The zero-order valence-corrected chi connectivity index (χ0v) is 16.2. The molecule has 2 aromatic carbocycles. The van der Waals surface area contributed by atoms with Gasteiger partial charge in [0.1, 0.15) is 5.82 Å². The second-order valence-electron chi connectivity index (χ2n) is 6.83. The number of nitrogens with one attached hydrogen (secondary N) is 3. The number of hydrogen-bond acceptors (Lipinski definition) is 2. The Morgan fingerprint density at radius 3 is 2.59 bits per heavy atom. The molecule has 2 amide bonds. The monoisotopic (exact) mass is 391 g/mol. The molecule has 0 aliphatic carbocycles. The molecule has 1 aliphatic rings. The standard InChI is InChI=1S/C20H24ClFN4O/c1-15-2-7-18(21)19(14-15)24-20(27)23-8-9-25-10-12-26(13-11-25)17-5-3-16(22)4-6-17/h2-7,14H,8-13H2,1H3,(H2,23,24,27)/p+1. The van der Waals surface area contributed by atoms with E-state index in [0.717, 1.165) is 44.0 Å². The Balaban J connectivity index is 1.38. The van der Waals surface area contributed by atoms with Gasteiger partial charge >= 0.3 is 6.03 Å². The van der Waals surface area contributed by atoms with Crippen LogP contribution in [0.5, 0.6) is 0 Å². The van der Waals surface area contributed by atoms with Gasteiger partial charge in [0.05, 0.1) is 50.0 Å². The third kappa shape index (κ3) is 5.58. The summed E-state index contributed by atoms with van der Waals surface area (Å²) in [4.78, 5) is 15.8. The maximum Gasteiger partial charge on any atom is 0.319 e. The van der Waals surface area contributed by atoms with Crippen LogP contribution in [0.1, 0.15) is 5.56 Å². The first-order valence-corrected chi connectivity index (χ1v) is 9.54. The summed E-state index contributed by atoms with van der Waals surface area (Å²) in [5.41, 5.74) is 2.72. The van der Waals surface area contributed by atoms with E-state index in [-0.39, 0.29) is 11.8 Å². The number of benzene rings is 2. The number of nitrogens with zero attached hydrogens (tertiary/aromatic N) is 1. The minimum atomic E-state index is -0.244. The molecule has 0 aromatic heterocycles. The van der Waals surface area contributed by atoms with Crippen LogP contribution in [0.15, 0.2) is 42.5 Å². The van der Waals surface area contributed by atoms with Crippen LogP contribution in [0.2, 0.25) is 5.02 Å². The lowest BCUT2D eigenvalue weighted by Gasteiger charge is -2.33. The minimum Gasteiger partial charge on any atom is -0.360 e. The molecular formula is C20H25ClFN4O+. The third-order valence-electron chi connectivity index (χ3n) is 4.80. The van der Waals surface area contributed by atoms with Gasteiger partial charge in [-0.05, 0) is 48.9 Å². The molecule has 5 nitrogen and oxygen atoms in total. The second-order valence-corrected chi connectivity index (χ2v) is 7.23. The van der Waals surface area contributed by atoms with Crippen molar-refractivity contribution in [3.63, 3.8) is 0 Å². The number of rotatable bonds is 5. The van der Waals surface area contributed by atoms with Crippen LogP contribution in [0.4, 0.5) is 20.6 Å². The molecule has 2 aromatic rings. The molecule has 27 heavy (non-hydrogen) atoms. The minimum absolute atomic E-state index is 0.209. The Bertz CT molecular complexity index is 776. The van der Waals surface area contributed by atoms with Gasteiger partial charge in [0, 0.05) is 5.69 Å². The molecule has 1 saturated heterocycles. The molecule has 0 atom stereocenters. The first-order chi connectivity index (χ1) is 13.0. The van der Waals surface area contributed by atoms with Crippen LogP contribution in [0.3, 0.4) is 0 Å². The fourth-order valence-corrected chi connectivity index (χ4v) is 3.40. The summed E-state index contributed by atoms with van der Waals surface area (Å²) in [6, 6.07) is 11.9. The van der Waals surface area contributed by atoms with Gasteiger partial charge in [-0.1, -0.05) is 17.7 Å². The van der Waals surface area contributed by atoms with Gasteiger partial charge in [0.15, 0.2) is 0 Å². The highest BCUT2D eigenvalue weighted by Gasteiger charge is 2.20. The Labute approximate surface area is 164 Å². The average molecular weight is 392 g/mol. The number of hydrogen-bond donors (Lipinski definition) is 3. The highest BCUT2D eigenvalue weighted by molar-refractivity contribution is 6.33. The van der Waals surface area contributed by atoms with Crippen LogP contribution in [0.25, 0.3) is 0 Å². The van der Waals surface area contributed by atoms with E-state index < -0.39 is 0 Å². The summed E-state index contributed by atoms with van der Waals surface area (Å²) >= 11 is 6.10. The zero-order valence-electron chi connectivity index (χ0n) is 15.4. The second kappa shape index (κ2) is 9.06. The van der Waals surface area contributed by atoms with Gasteiger partial charge in [-0.25, -0.2) is 9.18 Å². The Morgan fingerprint density at radius 2 is 1.89 bits per heavy atom. The van der Waals surface area contributed by atoms with Crippen molar-refractivity contribution < 1.29 is 14.1 Å². The molecule has 0 unspecified atom stereocenters. The number of carbonyl (C=O) groups excluding carboxylic acids is 1. The summed E-state index contributed by atoms with van der Waals surface area (Å²) in [7, 11) is 0. The zero-order chi connectivity index (χ0) is 19.2. The lowest BCUT2D eigenvalue weighted by atomic mass is 10.2. The molecule has 1 heterocycles. The molecule has 1 aliphatic heterocycles. The Morgan fingerprint density at radius 1 is 1.19 bits per heavy atom. The number of piperazine rings is 1. The molecule has 1 fully saturated rings. The molecule has 0 spiro atoms. The van der Waals surface area contributed by atoms with E-state index in [1.807, 2.05) is 31.2 Å². The smallest absolute Gasteiger partial charge is 0.319 e. The van der Waals surface area contributed by atoms with Crippen molar-refractivity contribution in [2.75, 3.05) is 49.5 Å². The van der Waals surface area contributed by atoms with Crippen LogP contribution in [0, 0.1) is 12.7 Å². The lowest BCUT2D eigenvalue weighted by Crippen LogP contribution is -3.15. The predicted octanol–water partition coefficient (Wildman–Crippen LogP) is 2.31. The number of amides is 2. The molecule has 3 rings (SSSR count). The van der Waals surface area contributed by atoms with E-state index in [1.54, 1.807) is 6.07 Å². The third-order valence-corrected chi connectivity index (χ3v) is 5.13. The highest BCUT2D eigenvalue weighted by Crippen LogP contribution is 2.22. The number of halogens is 2. The predicted molar refractivity (Wildman–Crippen MR) is 107 cm³/mol. The fraction of sp³-hybridized carbons (Fsp3) is 0.350. The quantitative estimate of drug-likeness (QED) is 0.732. The molecule has 144 valence electrons. The molecule has 0 saturated carbocycles. The molecule has 3 N–H and O–H groups in total. The number of carbonyl (C=O) groups is 1. The first-order valence-electron chi connectivity index (χ1n) is 9.16. The topological polar surface area (TPSA) is 48.8 Å². The summed E-state index contributed by atoms with van der Waals surface area (Å²) < 4.78 is 13.0. The number of quaternary nitrogens is 1. The van der Waals surface area contributed by atoms with Gasteiger partial charge in [-0.3, -0.25) is 0 Å². The summed E-state index contributed by atoms with van der Waals surface area (Å²) in [5.74, 6) is -0.209. The van der Waals surface area contributed by atoms with Crippen molar-refractivity contribution in [2.24, 2.45) is 0 Å². The van der Waals surface area contributed by atoms with Crippen molar-refractivity contribution >= 4 is 29.0 Å². The van der Waals surface area contributed by atoms with Gasteiger partial charge < -0.3 is 20.4 Å². The van der Waals surface area contributed by atoms with Crippen molar-refractivity contribution in [1.82, 2.24) is 5.32 Å². The van der Waals surface area contributed by atoms with Gasteiger partial charge in [-0.15, -0.1) is 0 Å². The normalized spacial score (nSPS) is 14.9. The van der Waals surface area contributed by atoms with Crippen molar-refractivity contribution in [3.8, 4) is 0 Å². The van der Waals surface area contributed by atoms with Crippen molar-refractivity contribution in [1.29, 1.82) is 0 Å². The molecule has 7 heteroatoms. The number of aryl methyl sites for hydroxylation is 1. The number of anilines is 2. The maximum atomic E-state index is 13.0. The van der Waals surface area contributed by atoms with Gasteiger partial charge in [0.25, 0.3) is 0 Å². The SMILES string of the molecule is Cc1ccc(Cl)c(NC(=O)NCC[NH+]2CCN(c3ccc(F)cc3)CC2)c1. The van der Waals surface area contributed by atoms with Gasteiger partial charge in [0.2, 0.25) is 0 Å². The van der Waals surface area contributed by atoms with E-state index in [1.165, 1.54) is 17.0 Å². The summed E-state index contributed by atoms with van der Waals surface area (Å²) in [5, 5.41) is 6.21. The number of urea groups is 1. The molecular weight excluding hydrogens is 367 g/mol. The summed E-state index contributed by atoms with van der Waals surface area (Å²) in [6.45, 7) is 7.24. The van der Waals surface area contributed by atoms with Crippen molar-refractivity contribution in [2.45, 2.75) is 6.92 Å². The lowest BCUT2D eigenvalue weighted by molar-refractivity contribution is -0.899. The first kappa shape index (κ1) is 19.5. The summed E-state index contributed by atoms with van der Waals surface area (Å²) in [6.07, 6.45) is 0.